The molecule has 0 aliphatic rings. The SMILES string of the molecule is CCc1nc(-c2cc(Br)c(Cl)s2)nc(Cl)c1Br. The molecule has 0 unspecified atom stereocenters. The summed E-state index contributed by atoms with van der Waals surface area (Å²) >= 11 is 20.2. The predicted molar refractivity (Wildman–Crippen MR) is 80.1 cm³/mol. The van der Waals surface area contributed by atoms with Crippen LogP contribution in [0.1, 0.15) is 12.6 Å². The normalized spacial score (nSPS) is 10.9. The molecule has 2 aromatic rings. The number of aromatic nitrogens is 2. The largest absolute Gasteiger partial charge is 0.231 e. The average Bonchev–Trinajstić information content (AvgIpc) is 2.63. The number of hydrogen-bond acceptors (Lipinski definition) is 3. The third-order valence-corrected chi connectivity index (χ3v) is 5.89. The molecule has 0 fully saturated rings. The fourth-order valence-electron chi connectivity index (χ4n) is 1.26. The zero-order valence-electron chi connectivity index (χ0n) is 8.60. The van der Waals surface area contributed by atoms with Crippen LogP contribution in [-0.4, -0.2) is 9.97 Å². The smallest absolute Gasteiger partial charge is 0.171 e. The van der Waals surface area contributed by atoms with E-state index in [1.807, 2.05) is 13.0 Å². The molecule has 0 aromatic carbocycles. The van der Waals surface area contributed by atoms with Crippen LogP contribution >= 0.6 is 66.4 Å². The molecule has 0 atom stereocenters. The summed E-state index contributed by atoms with van der Waals surface area (Å²) in [5.74, 6) is 0.604. The summed E-state index contributed by atoms with van der Waals surface area (Å²) in [5, 5.41) is 0.424. The molecule has 17 heavy (non-hydrogen) atoms. The zero-order chi connectivity index (χ0) is 12.6. The van der Waals surface area contributed by atoms with Crippen molar-refractivity contribution in [1.82, 2.24) is 9.97 Å². The molecule has 0 N–H and O–H groups in total. The number of hydrogen-bond donors (Lipinski definition) is 0. The highest BCUT2D eigenvalue weighted by Crippen LogP contribution is 2.37. The van der Waals surface area contributed by atoms with Crippen LogP contribution in [-0.2, 0) is 6.42 Å². The Bertz CT molecular complexity index is 552. The molecule has 0 saturated carbocycles. The Morgan fingerprint density at radius 2 is 2.00 bits per heavy atom. The van der Waals surface area contributed by atoms with E-state index in [-0.39, 0.29) is 0 Å². The lowest BCUT2D eigenvalue weighted by molar-refractivity contribution is 0.993. The van der Waals surface area contributed by atoms with Crippen LogP contribution in [0.5, 0.6) is 0 Å². The van der Waals surface area contributed by atoms with E-state index in [2.05, 4.69) is 41.8 Å². The Hall–Kier alpha value is 0.320. The predicted octanol–water partition coefficient (Wildman–Crippen LogP) is 5.60. The van der Waals surface area contributed by atoms with E-state index in [9.17, 15) is 0 Å². The second kappa shape index (κ2) is 5.53. The maximum absolute atomic E-state index is 6.06. The maximum Gasteiger partial charge on any atom is 0.171 e. The van der Waals surface area contributed by atoms with Crippen molar-refractivity contribution >= 4 is 66.4 Å². The molecule has 2 heterocycles. The van der Waals surface area contributed by atoms with Crippen LogP contribution in [0.15, 0.2) is 15.0 Å². The average molecular weight is 417 g/mol. The van der Waals surface area contributed by atoms with Gasteiger partial charge in [-0.2, -0.15) is 0 Å². The maximum atomic E-state index is 6.06. The lowest BCUT2D eigenvalue weighted by Crippen LogP contribution is -1.96. The Kier molecular flexibility index (Phi) is 4.47. The first-order valence-corrected chi connectivity index (χ1v) is 7.86. The first-order chi connectivity index (χ1) is 8.02. The topological polar surface area (TPSA) is 25.8 Å². The highest BCUT2D eigenvalue weighted by atomic mass is 79.9. The fraction of sp³-hybridized carbons (Fsp3) is 0.200. The molecule has 0 bridgehead atoms. The van der Waals surface area contributed by atoms with Crippen molar-refractivity contribution in [1.29, 1.82) is 0 Å². The lowest BCUT2D eigenvalue weighted by Gasteiger charge is -2.04. The molecule has 7 heteroatoms. The monoisotopic (exact) mass is 414 g/mol. The van der Waals surface area contributed by atoms with Gasteiger partial charge in [-0.3, -0.25) is 0 Å². The van der Waals surface area contributed by atoms with Gasteiger partial charge in [0.15, 0.2) is 5.82 Å². The van der Waals surface area contributed by atoms with Gasteiger partial charge >= 0.3 is 0 Å². The second-order valence-corrected chi connectivity index (χ2v) is 6.84. The molecule has 0 aliphatic carbocycles. The first kappa shape index (κ1) is 13.7. The third-order valence-electron chi connectivity index (χ3n) is 2.08. The van der Waals surface area contributed by atoms with Crippen LogP contribution < -0.4 is 0 Å². The van der Waals surface area contributed by atoms with Crippen LogP contribution in [0, 0.1) is 0 Å². The summed E-state index contributed by atoms with van der Waals surface area (Å²) < 4.78 is 2.28. The molecule has 2 nitrogen and oxygen atoms in total. The molecule has 90 valence electrons. The van der Waals surface area contributed by atoms with Gasteiger partial charge in [-0.1, -0.05) is 30.1 Å². The molecule has 0 radical (unpaired) electrons. The van der Waals surface area contributed by atoms with Gasteiger partial charge in [-0.15, -0.1) is 11.3 Å². The lowest BCUT2D eigenvalue weighted by atomic mass is 10.3. The van der Waals surface area contributed by atoms with Gasteiger partial charge in [0.25, 0.3) is 0 Å². The highest BCUT2D eigenvalue weighted by Gasteiger charge is 2.14. The minimum absolute atomic E-state index is 0.424. The van der Waals surface area contributed by atoms with Crippen molar-refractivity contribution in [2.75, 3.05) is 0 Å². The van der Waals surface area contributed by atoms with E-state index in [0.717, 1.165) is 25.9 Å². The third kappa shape index (κ3) is 2.84. The van der Waals surface area contributed by atoms with E-state index in [1.165, 1.54) is 11.3 Å². The van der Waals surface area contributed by atoms with Gasteiger partial charge in [0.1, 0.15) is 9.49 Å². The number of halogens is 4. The molecular formula is C10H6Br2Cl2N2S. The number of rotatable bonds is 2. The Morgan fingerprint density at radius 3 is 2.53 bits per heavy atom. The van der Waals surface area contributed by atoms with E-state index in [0.29, 0.717) is 15.3 Å². The number of aryl methyl sites for hydroxylation is 1. The van der Waals surface area contributed by atoms with Gasteiger partial charge < -0.3 is 0 Å². The summed E-state index contributed by atoms with van der Waals surface area (Å²) in [6.07, 6.45) is 0.788. The molecule has 0 spiro atoms. The molecule has 2 aromatic heterocycles. The Labute approximate surface area is 130 Å². The van der Waals surface area contributed by atoms with Crippen LogP contribution in [0.3, 0.4) is 0 Å². The minimum atomic E-state index is 0.424. The Morgan fingerprint density at radius 1 is 1.29 bits per heavy atom. The fourth-order valence-corrected chi connectivity index (χ4v) is 3.55. The van der Waals surface area contributed by atoms with Crippen molar-refractivity contribution in [2.24, 2.45) is 0 Å². The highest BCUT2D eigenvalue weighted by molar-refractivity contribution is 9.11. The first-order valence-electron chi connectivity index (χ1n) is 4.70. The Balaban J connectivity index is 2.56. The van der Waals surface area contributed by atoms with E-state index >= 15 is 0 Å². The molecular weight excluding hydrogens is 411 g/mol. The summed E-state index contributed by atoms with van der Waals surface area (Å²) in [4.78, 5) is 9.60. The summed E-state index contributed by atoms with van der Waals surface area (Å²) in [5.41, 5.74) is 0.889. The summed E-state index contributed by atoms with van der Waals surface area (Å²) in [6, 6.07) is 1.89. The molecule has 0 saturated heterocycles. The van der Waals surface area contributed by atoms with Crippen LogP contribution in [0.4, 0.5) is 0 Å². The minimum Gasteiger partial charge on any atom is -0.231 e. The van der Waals surface area contributed by atoms with Crippen molar-refractivity contribution in [3.05, 3.63) is 30.2 Å². The van der Waals surface area contributed by atoms with Crippen molar-refractivity contribution in [2.45, 2.75) is 13.3 Å². The standard InChI is InChI=1S/C10H6Br2Cl2N2S/c1-2-5-7(12)8(13)16-10(15-5)6-3-4(11)9(14)17-6/h3H,2H2,1H3. The number of nitrogens with zero attached hydrogens (tertiary/aromatic N) is 2. The van der Waals surface area contributed by atoms with Crippen molar-refractivity contribution < 1.29 is 0 Å². The van der Waals surface area contributed by atoms with Gasteiger partial charge in [-0.05, 0) is 44.3 Å². The van der Waals surface area contributed by atoms with Gasteiger partial charge in [0.05, 0.1) is 15.0 Å². The van der Waals surface area contributed by atoms with Crippen molar-refractivity contribution in [3.8, 4) is 10.7 Å². The van der Waals surface area contributed by atoms with Crippen LogP contribution in [0.25, 0.3) is 10.7 Å². The quantitative estimate of drug-likeness (QED) is 0.595. The molecule has 0 amide bonds. The van der Waals surface area contributed by atoms with E-state index in [4.69, 9.17) is 23.2 Å². The van der Waals surface area contributed by atoms with Gasteiger partial charge in [-0.25, -0.2) is 9.97 Å². The zero-order valence-corrected chi connectivity index (χ0v) is 14.1. The second-order valence-electron chi connectivity index (χ2n) is 3.18. The summed E-state index contributed by atoms with van der Waals surface area (Å²) in [7, 11) is 0. The number of thiophene rings is 1. The van der Waals surface area contributed by atoms with Crippen LogP contribution in [0.2, 0.25) is 9.49 Å². The molecule has 2 rings (SSSR count). The van der Waals surface area contributed by atoms with Gasteiger partial charge in [0.2, 0.25) is 0 Å². The van der Waals surface area contributed by atoms with E-state index in [1.54, 1.807) is 0 Å². The van der Waals surface area contributed by atoms with Crippen molar-refractivity contribution in [3.63, 3.8) is 0 Å². The summed E-state index contributed by atoms with van der Waals surface area (Å²) in [6.45, 7) is 2.02. The van der Waals surface area contributed by atoms with Gasteiger partial charge in [0, 0.05) is 4.47 Å². The molecule has 0 aliphatic heterocycles. The van der Waals surface area contributed by atoms with E-state index < -0.39 is 0 Å².